The van der Waals surface area contributed by atoms with Gasteiger partial charge in [-0.15, -0.1) is 0 Å². The highest BCUT2D eigenvalue weighted by molar-refractivity contribution is 6.16. The van der Waals surface area contributed by atoms with Crippen LogP contribution in [0.4, 0.5) is 0 Å². The molecule has 0 unspecified atom stereocenters. The predicted octanol–water partition coefficient (Wildman–Crippen LogP) is 5.08. The number of hydrogen-bond donors (Lipinski definition) is 0. The Kier molecular flexibility index (Phi) is 5.31. The number of nitrogens with zero attached hydrogens (tertiary/aromatic N) is 3. The van der Waals surface area contributed by atoms with Crippen molar-refractivity contribution >= 4 is 17.6 Å². The second-order valence-corrected chi connectivity index (χ2v) is 9.43. The molecular formula is C30H27N3O. The van der Waals surface area contributed by atoms with E-state index >= 15 is 0 Å². The number of carbonyl (C=O) groups excluding carboxylic acids is 1. The van der Waals surface area contributed by atoms with Crippen LogP contribution in [0.15, 0.2) is 83.0 Å². The van der Waals surface area contributed by atoms with Crippen molar-refractivity contribution in [3.05, 3.63) is 117 Å². The Balaban J connectivity index is 1.30. The van der Waals surface area contributed by atoms with Crippen molar-refractivity contribution in [3.63, 3.8) is 0 Å². The molecule has 1 aromatic heterocycles. The molecule has 1 aliphatic carbocycles. The highest BCUT2D eigenvalue weighted by Gasteiger charge is 2.27. The number of aromatic nitrogens is 1. The van der Waals surface area contributed by atoms with E-state index in [0.29, 0.717) is 13.0 Å². The van der Waals surface area contributed by atoms with E-state index in [2.05, 4.69) is 70.6 Å². The molecule has 0 N–H and O–H groups in total. The number of aliphatic imine (C=N–C) groups is 1. The van der Waals surface area contributed by atoms with Gasteiger partial charge in [-0.3, -0.25) is 19.7 Å². The van der Waals surface area contributed by atoms with Gasteiger partial charge in [0.05, 0.1) is 12.3 Å². The first-order valence-electron chi connectivity index (χ1n) is 12.0. The molecular weight excluding hydrogens is 418 g/mol. The van der Waals surface area contributed by atoms with Gasteiger partial charge >= 0.3 is 0 Å². The van der Waals surface area contributed by atoms with E-state index in [1.165, 1.54) is 16.7 Å². The largest absolute Gasteiger partial charge is 0.295 e. The topological polar surface area (TPSA) is 45.6 Å². The first kappa shape index (κ1) is 20.9. The minimum atomic E-state index is 0.226. The van der Waals surface area contributed by atoms with Crippen LogP contribution >= 0.6 is 0 Å². The molecule has 4 heteroatoms. The van der Waals surface area contributed by atoms with Crippen LogP contribution in [-0.4, -0.2) is 34.5 Å². The average Bonchev–Trinajstić information content (AvgIpc) is 3.26. The molecule has 0 fully saturated rings. The van der Waals surface area contributed by atoms with Crippen LogP contribution in [0.2, 0.25) is 0 Å². The number of carbonyl (C=O) groups is 1. The van der Waals surface area contributed by atoms with E-state index in [4.69, 9.17) is 4.99 Å². The van der Waals surface area contributed by atoms with Crippen LogP contribution in [-0.2, 0) is 24.3 Å². The summed E-state index contributed by atoms with van der Waals surface area (Å²) in [7, 11) is 0. The van der Waals surface area contributed by atoms with Gasteiger partial charge in [0, 0.05) is 54.6 Å². The predicted molar refractivity (Wildman–Crippen MR) is 136 cm³/mol. The van der Waals surface area contributed by atoms with Crippen molar-refractivity contribution < 1.29 is 4.79 Å². The van der Waals surface area contributed by atoms with E-state index in [-0.39, 0.29) is 5.78 Å². The van der Waals surface area contributed by atoms with Crippen LogP contribution in [0.25, 0.3) is 6.08 Å². The highest BCUT2D eigenvalue weighted by atomic mass is 16.1. The third-order valence-electron chi connectivity index (χ3n) is 6.97. The molecule has 0 saturated heterocycles. The molecule has 3 heterocycles. The Morgan fingerprint density at radius 2 is 1.91 bits per heavy atom. The number of rotatable bonds is 4. The van der Waals surface area contributed by atoms with Crippen molar-refractivity contribution in [2.24, 2.45) is 4.99 Å². The number of benzene rings is 2. The third kappa shape index (κ3) is 3.95. The Bertz CT molecular complexity index is 1380. The molecule has 0 atom stereocenters. The van der Waals surface area contributed by atoms with Crippen molar-refractivity contribution in [2.75, 3.05) is 13.1 Å². The van der Waals surface area contributed by atoms with Crippen molar-refractivity contribution in [1.29, 1.82) is 0 Å². The van der Waals surface area contributed by atoms with Gasteiger partial charge in [0.15, 0.2) is 5.78 Å². The normalized spacial score (nSPS) is 17.6. The molecule has 168 valence electrons. The zero-order valence-electron chi connectivity index (χ0n) is 19.4. The van der Waals surface area contributed by atoms with Gasteiger partial charge in [-0.25, -0.2) is 0 Å². The maximum absolute atomic E-state index is 13.2. The molecule has 3 aliphatic rings. The number of aryl methyl sites for hydroxylation is 1. The molecule has 34 heavy (non-hydrogen) atoms. The number of Topliss-reactive ketones (excluding diaryl/α,β-unsaturated/α-hetero) is 1. The molecule has 0 radical (unpaired) electrons. The zero-order valence-corrected chi connectivity index (χ0v) is 19.4. The second kappa shape index (κ2) is 8.62. The van der Waals surface area contributed by atoms with E-state index in [0.717, 1.165) is 65.3 Å². The fourth-order valence-corrected chi connectivity index (χ4v) is 5.29. The van der Waals surface area contributed by atoms with Crippen LogP contribution in [0.3, 0.4) is 0 Å². The van der Waals surface area contributed by atoms with Gasteiger partial charge in [0.2, 0.25) is 0 Å². The molecule has 0 bridgehead atoms. The number of ketones is 1. The maximum Gasteiger partial charge on any atom is 0.167 e. The molecule has 2 aromatic carbocycles. The summed E-state index contributed by atoms with van der Waals surface area (Å²) in [5.41, 5.74) is 11.1. The lowest BCUT2D eigenvalue weighted by Gasteiger charge is -2.29. The Hall–Kier alpha value is -3.63. The summed E-state index contributed by atoms with van der Waals surface area (Å²) in [6.45, 7) is 5.43. The Labute approximate surface area is 200 Å². The smallest absolute Gasteiger partial charge is 0.167 e. The summed E-state index contributed by atoms with van der Waals surface area (Å²) in [6.07, 6.45) is 7.66. The van der Waals surface area contributed by atoms with Crippen molar-refractivity contribution in [1.82, 2.24) is 9.88 Å². The maximum atomic E-state index is 13.2. The number of pyridine rings is 1. The summed E-state index contributed by atoms with van der Waals surface area (Å²) in [6, 6.07) is 19.1. The van der Waals surface area contributed by atoms with Crippen LogP contribution < -0.4 is 0 Å². The summed E-state index contributed by atoms with van der Waals surface area (Å²) < 4.78 is 0. The van der Waals surface area contributed by atoms with Crippen LogP contribution in [0.5, 0.6) is 0 Å². The molecule has 4 nitrogen and oxygen atoms in total. The Morgan fingerprint density at radius 3 is 2.76 bits per heavy atom. The van der Waals surface area contributed by atoms with Crippen molar-refractivity contribution in [2.45, 2.75) is 32.9 Å². The van der Waals surface area contributed by atoms with Gasteiger partial charge < -0.3 is 0 Å². The number of hydrogen-bond acceptors (Lipinski definition) is 4. The summed E-state index contributed by atoms with van der Waals surface area (Å²) in [5.74, 6) is 0.226. The van der Waals surface area contributed by atoms with Gasteiger partial charge in [0.25, 0.3) is 0 Å². The first-order valence-corrected chi connectivity index (χ1v) is 12.0. The van der Waals surface area contributed by atoms with Gasteiger partial charge in [-0.2, -0.15) is 0 Å². The van der Waals surface area contributed by atoms with Gasteiger partial charge in [0.1, 0.15) is 0 Å². The van der Waals surface area contributed by atoms with E-state index in [1.807, 2.05) is 19.2 Å². The lowest BCUT2D eigenvalue weighted by atomic mass is 9.84. The fourth-order valence-electron chi connectivity index (χ4n) is 5.29. The lowest BCUT2D eigenvalue weighted by molar-refractivity contribution is -0.114. The van der Waals surface area contributed by atoms with Crippen LogP contribution in [0, 0.1) is 6.92 Å². The first-order chi connectivity index (χ1) is 16.6. The molecule has 2 aliphatic heterocycles. The standard InChI is InChI=1S/C30H27N3O/c1-20-12-22(9-10-31-20)30-28-15-25-14-27(29(34)16-24(25)13-26(28)17-32-30)23-8-5-11-33(19-23)18-21-6-3-2-4-7-21/h2-4,6-10,12-15H,5,11,16-19H2,1H3. The molecule has 6 rings (SSSR count). The minimum Gasteiger partial charge on any atom is -0.295 e. The molecule has 3 aromatic rings. The lowest BCUT2D eigenvalue weighted by Crippen LogP contribution is -2.31. The van der Waals surface area contributed by atoms with E-state index in [9.17, 15) is 4.79 Å². The highest BCUT2D eigenvalue weighted by Crippen LogP contribution is 2.33. The summed E-state index contributed by atoms with van der Waals surface area (Å²) in [5, 5.41) is 0. The monoisotopic (exact) mass is 445 g/mol. The number of fused-ring (bicyclic) bond motifs is 2. The molecule has 0 spiro atoms. The zero-order chi connectivity index (χ0) is 23.1. The second-order valence-electron chi connectivity index (χ2n) is 9.43. The minimum absolute atomic E-state index is 0.226. The quantitative estimate of drug-likeness (QED) is 0.562. The van der Waals surface area contributed by atoms with E-state index in [1.54, 1.807) is 0 Å². The van der Waals surface area contributed by atoms with Gasteiger partial charge in [-0.1, -0.05) is 42.5 Å². The van der Waals surface area contributed by atoms with Crippen molar-refractivity contribution in [3.8, 4) is 0 Å². The molecule has 0 amide bonds. The van der Waals surface area contributed by atoms with E-state index < -0.39 is 0 Å². The average molecular weight is 446 g/mol. The third-order valence-corrected chi connectivity index (χ3v) is 6.97. The Morgan fingerprint density at radius 1 is 1.03 bits per heavy atom. The summed E-state index contributed by atoms with van der Waals surface area (Å²) in [4.78, 5) is 24.8. The summed E-state index contributed by atoms with van der Waals surface area (Å²) >= 11 is 0. The van der Waals surface area contributed by atoms with Crippen LogP contribution in [0.1, 0.15) is 45.5 Å². The molecule has 0 saturated carbocycles. The van der Waals surface area contributed by atoms with Gasteiger partial charge in [-0.05, 0) is 65.4 Å². The fraction of sp³-hybridized carbons (Fsp3) is 0.233. The SMILES string of the molecule is Cc1cc(C2=NCc3cc4c(cc32)C=C(C2=CCCN(Cc3ccccc3)C2)C(=O)C4)ccn1.